The van der Waals surface area contributed by atoms with Crippen LogP contribution in [0.15, 0.2) is 30.3 Å². The number of amides is 1. The smallest absolute Gasteiger partial charge is 0.236 e. The van der Waals surface area contributed by atoms with Crippen LogP contribution in [0.1, 0.15) is 5.56 Å². The van der Waals surface area contributed by atoms with Gasteiger partial charge in [0.15, 0.2) is 0 Å². The first-order chi connectivity index (χ1) is 10.1. The van der Waals surface area contributed by atoms with Crippen molar-refractivity contribution in [1.29, 1.82) is 0 Å². The zero-order chi connectivity index (χ0) is 15.1. The highest BCUT2D eigenvalue weighted by atomic mass is 16.5. The van der Waals surface area contributed by atoms with Crippen LogP contribution in [0.2, 0.25) is 0 Å². The summed E-state index contributed by atoms with van der Waals surface area (Å²) in [6.07, 6.45) is 0.177. The largest absolute Gasteiger partial charge is 0.374 e. The molecule has 0 spiro atoms. The molecule has 1 aromatic carbocycles. The minimum atomic E-state index is 0.130. The molecule has 1 aromatic rings. The Labute approximate surface area is 126 Å². The molecule has 0 saturated carbocycles. The Hall–Kier alpha value is -1.43. The van der Waals surface area contributed by atoms with Gasteiger partial charge in [-0.15, -0.1) is 0 Å². The topological polar surface area (TPSA) is 44.8 Å². The number of carbonyl (C=O) groups is 1. The summed E-state index contributed by atoms with van der Waals surface area (Å²) < 4.78 is 5.66. The van der Waals surface area contributed by atoms with E-state index in [0.29, 0.717) is 13.1 Å². The van der Waals surface area contributed by atoms with Crippen molar-refractivity contribution in [2.24, 2.45) is 0 Å². The average Bonchev–Trinajstić information content (AvgIpc) is 2.49. The van der Waals surface area contributed by atoms with Crippen molar-refractivity contribution in [3.8, 4) is 0 Å². The van der Waals surface area contributed by atoms with Crippen LogP contribution in [0.3, 0.4) is 0 Å². The van der Waals surface area contributed by atoms with Crippen LogP contribution in [-0.2, 0) is 16.1 Å². The van der Waals surface area contributed by atoms with Crippen molar-refractivity contribution in [3.05, 3.63) is 35.9 Å². The van der Waals surface area contributed by atoms with Crippen LogP contribution in [0.4, 0.5) is 0 Å². The summed E-state index contributed by atoms with van der Waals surface area (Å²) >= 11 is 0. The number of benzene rings is 1. The predicted octanol–water partition coefficient (Wildman–Crippen LogP) is 0.565. The Bertz CT molecular complexity index is 432. The average molecular weight is 291 g/mol. The van der Waals surface area contributed by atoms with Crippen LogP contribution < -0.4 is 5.32 Å². The number of nitrogens with one attached hydrogen (secondary N) is 1. The molecule has 0 bridgehead atoms. The molecule has 1 atom stereocenters. The van der Waals surface area contributed by atoms with Gasteiger partial charge in [-0.05, 0) is 12.6 Å². The molecule has 1 heterocycles. The fourth-order valence-electron chi connectivity index (χ4n) is 2.45. The molecule has 1 saturated heterocycles. The summed E-state index contributed by atoms with van der Waals surface area (Å²) in [5, 5.41) is 3.30. The van der Waals surface area contributed by atoms with Gasteiger partial charge < -0.3 is 15.0 Å². The zero-order valence-corrected chi connectivity index (χ0v) is 12.9. The van der Waals surface area contributed by atoms with Crippen molar-refractivity contribution >= 4 is 5.91 Å². The molecule has 0 aliphatic carbocycles. The molecule has 0 radical (unpaired) electrons. The van der Waals surface area contributed by atoms with Crippen LogP contribution >= 0.6 is 0 Å². The number of morpholine rings is 1. The fourth-order valence-corrected chi connectivity index (χ4v) is 2.45. The quantitative estimate of drug-likeness (QED) is 0.832. The molecular formula is C16H25N3O2. The molecule has 1 fully saturated rings. The molecule has 1 amide bonds. The summed E-state index contributed by atoms with van der Waals surface area (Å²) in [6.45, 7) is 4.37. The number of ether oxygens (including phenoxy) is 1. The minimum absolute atomic E-state index is 0.130. The van der Waals surface area contributed by atoms with Gasteiger partial charge in [-0.2, -0.15) is 0 Å². The molecule has 1 aliphatic rings. The second kappa shape index (κ2) is 8.12. The van der Waals surface area contributed by atoms with Gasteiger partial charge in [0.25, 0.3) is 0 Å². The lowest BCUT2D eigenvalue weighted by Gasteiger charge is -2.28. The van der Waals surface area contributed by atoms with Gasteiger partial charge in [-0.1, -0.05) is 30.3 Å². The molecule has 5 heteroatoms. The van der Waals surface area contributed by atoms with E-state index in [1.165, 1.54) is 0 Å². The van der Waals surface area contributed by atoms with E-state index < -0.39 is 0 Å². The summed E-state index contributed by atoms with van der Waals surface area (Å²) in [6, 6.07) is 10.0. The van der Waals surface area contributed by atoms with Gasteiger partial charge >= 0.3 is 0 Å². The number of carbonyl (C=O) groups excluding carboxylic acids is 1. The van der Waals surface area contributed by atoms with E-state index >= 15 is 0 Å². The Morgan fingerprint density at radius 3 is 2.76 bits per heavy atom. The number of hydrogen-bond acceptors (Lipinski definition) is 4. The van der Waals surface area contributed by atoms with Gasteiger partial charge in [0.05, 0.1) is 19.3 Å². The van der Waals surface area contributed by atoms with E-state index in [1.54, 1.807) is 4.90 Å². The van der Waals surface area contributed by atoms with Gasteiger partial charge in [-0.3, -0.25) is 9.69 Å². The minimum Gasteiger partial charge on any atom is -0.374 e. The molecule has 116 valence electrons. The molecule has 5 nitrogen and oxygen atoms in total. The van der Waals surface area contributed by atoms with Gasteiger partial charge in [0.1, 0.15) is 0 Å². The van der Waals surface area contributed by atoms with Crippen molar-refractivity contribution in [2.75, 3.05) is 46.9 Å². The monoisotopic (exact) mass is 291 g/mol. The van der Waals surface area contributed by atoms with Crippen LogP contribution in [0.25, 0.3) is 0 Å². The lowest BCUT2D eigenvalue weighted by atomic mass is 10.2. The highest BCUT2D eigenvalue weighted by Gasteiger charge is 2.18. The van der Waals surface area contributed by atoms with E-state index in [2.05, 4.69) is 5.32 Å². The van der Waals surface area contributed by atoms with Gasteiger partial charge in [-0.25, -0.2) is 0 Å². The van der Waals surface area contributed by atoms with E-state index in [0.717, 1.165) is 31.8 Å². The maximum absolute atomic E-state index is 12.2. The second-order valence-corrected chi connectivity index (χ2v) is 5.63. The van der Waals surface area contributed by atoms with Crippen LogP contribution in [0, 0.1) is 0 Å². The first-order valence-corrected chi connectivity index (χ1v) is 7.44. The van der Waals surface area contributed by atoms with Crippen molar-refractivity contribution in [2.45, 2.75) is 12.6 Å². The van der Waals surface area contributed by atoms with Crippen molar-refractivity contribution < 1.29 is 9.53 Å². The zero-order valence-electron chi connectivity index (χ0n) is 12.9. The molecule has 1 aliphatic heterocycles. The number of rotatable bonds is 6. The lowest BCUT2D eigenvalue weighted by molar-refractivity contribution is -0.131. The molecule has 0 aromatic heterocycles. The van der Waals surface area contributed by atoms with E-state index in [9.17, 15) is 4.79 Å². The maximum atomic E-state index is 12.2. The highest BCUT2D eigenvalue weighted by molar-refractivity contribution is 5.77. The predicted molar refractivity (Wildman–Crippen MR) is 83.0 cm³/mol. The fraction of sp³-hybridized carbons (Fsp3) is 0.562. The van der Waals surface area contributed by atoms with E-state index in [4.69, 9.17) is 4.74 Å². The van der Waals surface area contributed by atoms with Crippen LogP contribution in [0.5, 0.6) is 0 Å². The summed E-state index contributed by atoms with van der Waals surface area (Å²) in [7, 11) is 3.81. The number of likely N-dealkylation sites (N-methyl/N-ethyl adjacent to an activating group) is 2. The molecule has 21 heavy (non-hydrogen) atoms. The van der Waals surface area contributed by atoms with Crippen molar-refractivity contribution in [3.63, 3.8) is 0 Å². The first kappa shape index (κ1) is 15.9. The Morgan fingerprint density at radius 1 is 1.33 bits per heavy atom. The normalized spacial score (nSPS) is 18.7. The van der Waals surface area contributed by atoms with Gasteiger partial charge in [0, 0.05) is 33.2 Å². The highest BCUT2D eigenvalue weighted by Crippen LogP contribution is 2.04. The SMILES string of the molecule is CN(CC(=O)N(C)Cc1ccccc1)CC1CNCCO1. The number of nitrogens with zero attached hydrogens (tertiary/aromatic N) is 2. The van der Waals surface area contributed by atoms with E-state index in [-0.39, 0.29) is 12.0 Å². The standard InChI is InChI=1S/C16H25N3O2/c1-18(12-15-10-17-8-9-21-15)13-16(20)19(2)11-14-6-4-3-5-7-14/h3-7,15,17H,8-13H2,1-2H3. The van der Waals surface area contributed by atoms with E-state index in [1.807, 2.05) is 49.3 Å². The summed E-state index contributed by atoms with van der Waals surface area (Å²) in [5.41, 5.74) is 1.15. The second-order valence-electron chi connectivity index (χ2n) is 5.63. The molecule has 1 N–H and O–H groups in total. The molecule has 2 rings (SSSR count). The maximum Gasteiger partial charge on any atom is 0.236 e. The Kier molecular flexibility index (Phi) is 6.17. The van der Waals surface area contributed by atoms with Gasteiger partial charge in [0.2, 0.25) is 5.91 Å². The summed E-state index contributed by atoms with van der Waals surface area (Å²) in [5.74, 6) is 0.130. The molecular weight excluding hydrogens is 266 g/mol. The Morgan fingerprint density at radius 2 is 2.10 bits per heavy atom. The Balaban J connectivity index is 1.74. The third kappa shape index (κ3) is 5.46. The first-order valence-electron chi connectivity index (χ1n) is 7.44. The third-order valence-electron chi connectivity index (χ3n) is 3.61. The number of hydrogen-bond donors (Lipinski definition) is 1. The van der Waals surface area contributed by atoms with Crippen molar-refractivity contribution in [1.82, 2.24) is 15.1 Å². The lowest BCUT2D eigenvalue weighted by Crippen LogP contribution is -2.46. The van der Waals surface area contributed by atoms with Crippen LogP contribution in [-0.4, -0.2) is 68.7 Å². The molecule has 1 unspecified atom stereocenters. The third-order valence-corrected chi connectivity index (χ3v) is 3.61. The summed E-state index contributed by atoms with van der Waals surface area (Å²) in [4.78, 5) is 16.0.